The van der Waals surface area contributed by atoms with E-state index in [1.54, 1.807) is 19.9 Å². The Bertz CT molecular complexity index is 388. The van der Waals surface area contributed by atoms with E-state index in [0.717, 1.165) is 0 Å². The molecule has 7 nitrogen and oxygen atoms in total. The third kappa shape index (κ3) is 3.35. The number of nitrogens with two attached hydrogens (primary N) is 1. The Morgan fingerprint density at radius 3 is 2.81 bits per heavy atom. The molecule has 0 radical (unpaired) electrons. The van der Waals surface area contributed by atoms with E-state index < -0.39 is 6.04 Å². The Morgan fingerprint density at radius 2 is 2.31 bits per heavy atom. The van der Waals surface area contributed by atoms with Crippen LogP contribution in [0.1, 0.15) is 12.7 Å². The van der Waals surface area contributed by atoms with Gasteiger partial charge in [0.25, 0.3) is 0 Å². The first-order chi connectivity index (χ1) is 7.52. The van der Waals surface area contributed by atoms with Gasteiger partial charge in [-0.15, -0.1) is 0 Å². The summed E-state index contributed by atoms with van der Waals surface area (Å²) in [6.07, 6.45) is 0. The number of nitrogens with zero attached hydrogens (tertiary/aromatic N) is 1. The number of hydrogen-bond acceptors (Lipinski definition) is 5. The van der Waals surface area contributed by atoms with E-state index in [-0.39, 0.29) is 18.4 Å². The zero-order chi connectivity index (χ0) is 12.1. The summed E-state index contributed by atoms with van der Waals surface area (Å²) in [7, 11) is 0. The van der Waals surface area contributed by atoms with Crippen molar-refractivity contribution in [1.82, 2.24) is 10.5 Å². The molecule has 1 heterocycles. The molecule has 16 heavy (non-hydrogen) atoms. The summed E-state index contributed by atoms with van der Waals surface area (Å²) >= 11 is 0. The van der Waals surface area contributed by atoms with Crippen LogP contribution in [0.25, 0.3) is 0 Å². The van der Waals surface area contributed by atoms with Crippen LogP contribution >= 0.6 is 0 Å². The lowest BCUT2D eigenvalue weighted by Crippen LogP contribution is -2.44. The lowest BCUT2D eigenvalue weighted by molar-refractivity contribution is -0.125. The summed E-state index contributed by atoms with van der Waals surface area (Å²) < 4.78 is 4.78. The van der Waals surface area contributed by atoms with Crippen LogP contribution in [0.5, 0.6) is 0 Å². The van der Waals surface area contributed by atoms with Gasteiger partial charge in [0.05, 0.1) is 6.54 Å². The molecule has 0 fully saturated rings. The average molecular weight is 226 g/mol. The smallest absolute Gasteiger partial charge is 0.247 e. The van der Waals surface area contributed by atoms with Crippen LogP contribution in [0, 0.1) is 6.92 Å². The Morgan fingerprint density at radius 1 is 1.62 bits per heavy atom. The van der Waals surface area contributed by atoms with Gasteiger partial charge in [-0.3, -0.25) is 9.59 Å². The van der Waals surface area contributed by atoms with Crippen molar-refractivity contribution in [2.75, 3.05) is 11.9 Å². The molecule has 7 heteroatoms. The van der Waals surface area contributed by atoms with Gasteiger partial charge in [-0.2, -0.15) is 0 Å². The van der Waals surface area contributed by atoms with Crippen molar-refractivity contribution >= 4 is 17.6 Å². The first-order valence-electron chi connectivity index (χ1n) is 4.76. The molecule has 0 bridgehead atoms. The fourth-order valence-electron chi connectivity index (χ4n) is 1.03. The molecule has 4 N–H and O–H groups in total. The molecule has 0 unspecified atom stereocenters. The first kappa shape index (κ1) is 12.2. The van der Waals surface area contributed by atoms with Crippen LogP contribution in [-0.4, -0.2) is 29.6 Å². The normalized spacial score (nSPS) is 11.9. The molecule has 0 saturated carbocycles. The molecule has 0 aliphatic carbocycles. The second-order valence-electron chi connectivity index (χ2n) is 3.31. The second kappa shape index (κ2) is 5.26. The van der Waals surface area contributed by atoms with Crippen molar-refractivity contribution in [1.29, 1.82) is 0 Å². The van der Waals surface area contributed by atoms with Crippen molar-refractivity contribution < 1.29 is 14.1 Å². The fraction of sp³-hybridized carbons (Fsp3) is 0.444. The number of anilines is 1. The largest absolute Gasteiger partial charge is 0.360 e. The van der Waals surface area contributed by atoms with Crippen molar-refractivity contribution in [2.24, 2.45) is 5.73 Å². The quantitative estimate of drug-likeness (QED) is 0.634. The van der Waals surface area contributed by atoms with E-state index in [1.165, 1.54) is 0 Å². The molecule has 0 aliphatic rings. The van der Waals surface area contributed by atoms with E-state index in [1.807, 2.05) is 0 Å². The molecule has 0 aliphatic heterocycles. The van der Waals surface area contributed by atoms with E-state index in [4.69, 9.17) is 10.3 Å². The van der Waals surface area contributed by atoms with Crippen molar-refractivity contribution in [3.8, 4) is 0 Å². The van der Waals surface area contributed by atoms with E-state index in [9.17, 15) is 9.59 Å². The van der Waals surface area contributed by atoms with Gasteiger partial charge in [-0.25, -0.2) is 0 Å². The molecular formula is C9H14N4O3. The predicted octanol–water partition coefficient (Wildman–Crippen LogP) is -0.615. The zero-order valence-electron chi connectivity index (χ0n) is 9.11. The molecule has 1 rings (SSSR count). The summed E-state index contributed by atoms with van der Waals surface area (Å²) in [5, 5.41) is 8.51. The molecule has 0 aromatic carbocycles. The van der Waals surface area contributed by atoms with Gasteiger partial charge >= 0.3 is 0 Å². The van der Waals surface area contributed by atoms with Gasteiger partial charge in [0.2, 0.25) is 11.8 Å². The summed E-state index contributed by atoms with van der Waals surface area (Å²) in [5.74, 6) is 0.138. The summed E-state index contributed by atoms with van der Waals surface area (Å²) in [4.78, 5) is 22.5. The molecule has 1 atom stereocenters. The Balaban J connectivity index is 2.49. The molecule has 1 aromatic heterocycles. The minimum absolute atomic E-state index is 0.152. The number of aryl methyl sites for hydroxylation is 1. The van der Waals surface area contributed by atoms with Crippen LogP contribution < -0.4 is 16.4 Å². The molecule has 1 aromatic rings. The average Bonchev–Trinajstić information content (AvgIpc) is 2.63. The molecule has 0 saturated heterocycles. The van der Waals surface area contributed by atoms with E-state index in [2.05, 4.69) is 15.8 Å². The number of nitrogens with one attached hydrogen (secondary N) is 2. The lowest BCUT2D eigenvalue weighted by atomic mass is 10.3. The SMILES string of the molecule is Cc1cc(NC(=O)[C@H](C)NC(=O)CN)no1. The maximum Gasteiger partial charge on any atom is 0.247 e. The summed E-state index contributed by atoms with van der Waals surface area (Å²) in [5.41, 5.74) is 5.11. The van der Waals surface area contributed by atoms with Crippen LogP contribution in [0.3, 0.4) is 0 Å². The van der Waals surface area contributed by atoms with Crippen LogP contribution in [0.4, 0.5) is 5.82 Å². The van der Waals surface area contributed by atoms with Gasteiger partial charge in [0.1, 0.15) is 11.8 Å². The summed E-state index contributed by atoms with van der Waals surface area (Å²) in [6.45, 7) is 3.11. The van der Waals surface area contributed by atoms with E-state index in [0.29, 0.717) is 11.6 Å². The number of carbonyl (C=O) groups excluding carboxylic acids is 2. The highest BCUT2D eigenvalue weighted by atomic mass is 16.5. The predicted molar refractivity (Wildman–Crippen MR) is 56.5 cm³/mol. The van der Waals surface area contributed by atoms with E-state index >= 15 is 0 Å². The standard InChI is InChI=1S/C9H14N4O3/c1-5-3-7(13-16-5)12-9(15)6(2)11-8(14)4-10/h3,6H,4,10H2,1-2H3,(H,11,14)(H,12,13,15)/t6-/m0/s1. The van der Waals surface area contributed by atoms with Crippen molar-refractivity contribution in [2.45, 2.75) is 19.9 Å². The highest BCUT2D eigenvalue weighted by molar-refractivity contribution is 5.96. The number of amides is 2. The number of carbonyl (C=O) groups is 2. The maximum atomic E-state index is 11.5. The Hall–Kier alpha value is -1.89. The highest BCUT2D eigenvalue weighted by Gasteiger charge is 2.15. The maximum absolute atomic E-state index is 11.5. The number of rotatable bonds is 4. The van der Waals surface area contributed by atoms with Crippen molar-refractivity contribution in [3.63, 3.8) is 0 Å². The second-order valence-corrected chi connectivity index (χ2v) is 3.31. The highest BCUT2D eigenvalue weighted by Crippen LogP contribution is 2.07. The van der Waals surface area contributed by atoms with Gasteiger partial charge in [-0.05, 0) is 13.8 Å². The van der Waals surface area contributed by atoms with Crippen LogP contribution in [0.15, 0.2) is 10.6 Å². The number of hydrogen-bond donors (Lipinski definition) is 3. The monoisotopic (exact) mass is 226 g/mol. The minimum atomic E-state index is -0.673. The van der Waals surface area contributed by atoms with Gasteiger partial charge in [-0.1, -0.05) is 5.16 Å². The molecule has 88 valence electrons. The van der Waals surface area contributed by atoms with Crippen molar-refractivity contribution in [3.05, 3.63) is 11.8 Å². The summed E-state index contributed by atoms with van der Waals surface area (Å²) in [6, 6.07) is 0.906. The molecular weight excluding hydrogens is 212 g/mol. The van der Waals surface area contributed by atoms with Gasteiger partial charge in [0.15, 0.2) is 5.82 Å². The third-order valence-corrected chi connectivity index (χ3v) is 1.84. The van der Waals surface area contributed by atoms with Crippen LogP contribution in [-0.2, 0) is 9.59 Å². The van der Waals surface area contributed by atoms with Crippen LogP contribution in [0.2, 0.25) is 0 Å². The Kier molecular flexibility index (Phi) is 4.01. The van der Waals surface area contributed by atoms with Gasteiger partial charge in [0, 0.05) is 6.07 Å². The molecule has 2 amide bonds. The molecule has 0 spiro atoms. The third-order valence-electron chi connectivity index (χ3n) is 1.84. The van der Waals surface area contributed by atoms with Gasteiger partial charge < -0.3 is 20.9 Å². The number of aromatic nitrogens is 1. The lowest BCUT2D eigenvalue weighted by Gasteiger charge is -2.11. The Labute approximate surface area is 92.3 Å². The zero-order valence-corrected chi connectivity index (χ0v) is 9.11. The minimum Gasteiger partial charge on any atom is -0.360 e. The first-order valence-corrected chi connectivity index (χ1v) is 4.76. The fourth-order valence-corrected chi connectivity index (χ4v) is 1.03. The topological polar surface area (TPSA) is 110 Å².